The van der Waals surface area contributed by atoms with Crippen LogP contribution in [0.15, 0.2) is 35.0 Å². The molecule has 0 bridgehead atoms. The summed E-state index contributed by atoms with van der Waals surface area (Å²) in [5.41, 5.74) is 10.9. The van der Waals surface area contributed by atoms with Crippen LogP contribution in [0.5, 0.6) is 5.75 Å². The van der Waals surface area contributed by atoms with Crippen molar-refractivity contribution in [3.05, 3.63) is 35.5 Å². The van der Waals surface area contributed by atoms with E-state index in [-0.39, 0.29) is 5.91 Å². The molecule has 1 aliphatic rings. The number of carbonyl (C=O) groups is 1. The van der Waals surface area contributed by atoms with Gasteiger partial charge in [0.15, 0.2) is 0 Å². The van der Waals surface area contributed by atoms with Gasteiger partial charge in [-0.3, -0.25) is 9.79 Å². The second kappa shape index (κ2) is 6.39. The summed E-state index contributed by atoms with van der Waals surface area (Å²) in [7, 11) is 3.40. The van der Waals surface area contributed by atoms with Crippen molar-refractivity contribution in [2.75, 3.05) is 27.2 Å². The van der Waals surface area contributed by atoms with Crippen molar-refractivity contribution in [2.24, 2.45) is 10.7 Å². The molecule has 2 heterocycles. The zero-order valence-electron chi connectivity index (χ0n) is 14.2. The minimum absolute atomic E-state index is 0.0490. The van der Waals surface area contributed by atoms with E-state index in [1.54, 1.807) is 26.0 Å². The van der Waals surface area contributed by atoms with Crippen LogP contribution < -0.4 is 10.5 Å². The molecule has 0 radical (unpaired) electrons. The smallest absolute Gasteiger partial charge is 0.219 e. The Morgan fingerprint density at radius 1 is 1.42 bits per heavy atom. The van der Waals surface area contributed by atoms with Gasteiger partial charge in [-0.2, -0.15) is 0 Å². The van der Waals surface area contributed by atoms with Crippen LogP contribution >= 0.6 is 0 Å². The summed E-state index contributed by atoms with van der Waals surface area (Å²) < 4.78 is 5.39. The number of nitrogens with zero attached hydrogens (tertiary/aromatic N) is 2. The molecular weight excluding hydrogens is 304 g/mol. The van der Waals surface area contributed by atoms with Crippen molar-refractivity contribution >= 4 is 28.2 Å². The Bertz CT molecular complexity index is 848. The molecule has 1 fully saturated rings. The largest absolute Gasteiger partial charge is 0.497 e. The lowest BCUT2D eigenvalue weighted by atomic mass is 9.95. The molecule has 1 saturated heterocycles. The number of hydrogen-bond acceptors (Lipinski definition) is 4. The molecule has 1 aliphatic heterocycles. The number of nitrogens with one attached hydrogen (secondary N) is 1. The van der Waals surface area contributed by atoms with Gasteiger partial charge in [-0.05, 0) is 12.1 Å². The average molecular weight is 326 g/mol. The lowest BCUT2D eigenvalue weighted by Gasteiger charge is -2.30. The topological polar surface area (TPSA) is 83.7 Å². The van der Waals surface area contributed by atoms with Crippen LogP contribution in [0, 0.1) is 0 Å². The number of benzene rings is 1. The number of amides is 1. The quantitative estimate of drug-likeness (QED) is 0.887. The number of methoxy groups -OCH3 is 1. The maximum absolute atomic E-state index is 11.8. The van der Waals surface area contributed by atoms with Crippen molar-refractivity contribution in [2.45, 2.75) is 13.3 Å². The molecule has 1 amide bonds. The Morgan fingerprint density at radius 3 is 2.88 bits per heavy atom. The standard InChI is InChI=1S/C18H22N4O2/c1-11(23)22-7-5-16(20-2)15(10-22)18(19)14-8-12(24-3)9-17-13(14)4-6-21-17/h4,6,8-9,21H,5,7,10,19H2,1-3H3. The number of nitrogens with two attached hydrogens (primary N) is 1. The summed E-state index contributed by atoms with van der Waals surface area (Å²) in [4.78, 5) is 21.1. The Hall–Kier alpha value is -2.76. The predicted octanol–water partition coefficient (Wildman–Crippen LogP) is 2.17. The van der Waals surface area contributed by atoms with Gasteiger partial charge in [-0.25, -0.2) is 0 Å². The highest BCUT2D eigenvalue weighted by Gasteiger charge is 2.24. The van der Waals surface area contributed by atoms with Crippen LogP contribution in [0.3, 0.4) is 0 Å². The molecule has 1 aromatic carbocycles. The molecule has 0 unspecified atom stereocenters. The zero-order valence-corrected chi connectivity index (χ0v) is 14.2. The van der Waals surface area contributed by atoms with E-state index in [2.05, 4.69) is 9.98 Å². The van der Waals surface area contributed by atoms with E-state index < -0.39 is 0 Å². The first kappa shape index (κ1) is 16.1. The molecule has 6 heteroatoms. The summed E-state index contributed by atoms with van der Waals surface area (Å²) >= 11 is 0. The van der Waals surface area contributed by atoms with Gasteiger partial charge in [0.2, 0.25) is 5.91 Å². The van der Waals surface area contributed by atoms with Crippen LogP contribution in [0.2, 0.25) is 0 Å². The van der Waals surface area contributed by atoms with Gasteiger partial charge in [0.25, 0.3) is 0 Å². The van der Waals surface area contributed by atoms with E-state index in [9.17, 15) is 4.79 Å². The van der Waals surface area contributed by atoms with Gasteiger partial charge in [-0.15, -0.1) is 0 Å². The van der Waals surface area contributed by atoms with Gasteiger partial charge in [0.1, 0.15) is 5.75 Å². The Morgan fingerprint density at radius 2 is 2.21 bits per heavy atom. The number of H-pyrrole nitrogens is 1. The number of aromatic nitrogens is 1. The van der Waals surface area contributed by atoms with Gasteiger partial charge < -0.3 is 20.4 Å². The molecule has 0 aliphatic carbocycles. The molecule has 0 atom stereocenters. The number of piperidine rings is 1. The zero-order chi connectivity index (χ0) is 17.3. The molecule has 2 aromatic rings. The molecule has 3 rings (SSSR count). The predicted molar refractivity (Wildman–Crippen MR) is 96.2 cm³/mol. The SMILES string of the molecule is CN=C1CCN(C(C)=O)CC1=C(N)c1cc(OC)cc2[nH]ccc12. The molecule has 126 valence electrons. The molecule has 3 N–H and O–H groups in total. The third kappa shape index (κ3) is 2.75. The molecule has 0 saturated carbocycles. The van der Waals surface area contributed by atoms with E-state index in [1.165, 1.54) is 0 Å². The highest BCUT2D eigenvalue weighted by atomic mass is 16.5. The van der Waals surface area contributed by atoms with Crippen LogP contribution in [0.25, 0.3) is 16.6 Å². The molecular formula is C18H22N4O2. The van der Waals surface area contributed by atoms with Gasteiger partial charge in [0.05, 0.1) is 7.11 Å². The van der Waals surface area contributed by atoms with Gasteiger partial charge in [-0.1, -0.05) is 0 Å². The Balaban J connectivity index is 2.17. The fraction of sp³-hybridized carbons (Fsp3) is 0.333. The molecule has 1 aromatic heterocycles. The van der Waals surface area contributed by atoms with Crippen LogP contribution in [0.1, 0.15) is 18.9 Å². The summed E-state index contributed by atoms with van der Waals surface area (Å²) in [6.45, 7) is 2.74. The van der Waals surface area contributed by atoms with Crippen molar-refractivity contribution < 1.29 is 9.53 Å². The van der Waals surface area contributed by atoms with E-state index in [1.807, 2.05) is 24.4 Å². The lowest BCUT2D eigenvalue weighted by molar-refractivity contribution is -0.128. The average Bonchev–Trinajstić information content (AvgIpc) is 3.07. The molecule has 24 heavy (non-hydrogen) atoms. The van der Waals surface area contributed by atoms with Crippen molar-refractivity contribution in [3.8, 4) is 5.75 Å². The molecule has 0 spiro atoms. The van der Waals surface area contributed by atoms with Crippen molar-refractivity contribution in [3.63, 3.8) is 0 Å². The number of carbonyl (C=O) groups excluding carboxylic acids is 1. The molecule has 6 nitrogen and oxygen atoms in total. The van der Waals surface area contributed by atoms with E-state index in [0.717, 1.165) is 33.5 Å². The highest BCUT2D eigenvalue weighted by molar-refractivity contribution is 6.09. The third-order valence-electron chi connectivity index (χ3n) is 4.52. The van der Waals surface area contributed by atoms with E-state index in [4.69, 9.17) is 10.5 Å². The fourth-order valence-corrected chi connectivity index (χ4v) is 3.15. The second-order valence-corrected chi connectivity index (χ2v) is 5.87. The van der Waals surface area contributed by atoms with Gasteiger partial charge >= 0.3 is 0 Å². The van der Waals surface area contributed by atoms with Crippen LogP contribution in [-0.2, 0) is 4.79 Å². The number of hydrogen-bond donors (Lipinski definition) is 2. The van der Waals surface area contributed by atoms with Crippen LogP contribution in [0.4, 0.5) is 0 Å². The first-order valence-corrected chi connectivity index (χ1v) is 7.90. The first-order valence-electron chi connectivity index (χ1n) is 7.90. The number of aliphatic imine (C=N–C) groups is 1. The fourth-order valence-electron chi connectivity index (χ4n) is 3.15. The van der Waals surface area contributed by atoms with Gasteiger partial charge in [0, 0.05) is 79.2 Å². The van der Waals surface area contributed by atoms with E-state index >= 15 is 0 Å². The summed E-state index contributed by atoms with van der Waals surface area (Å²) in [6.07, 6.45) is 2.59. The van der Waals surface area contributed by atoms with E-state index in [0.29, 0.717) is 25.2 Å². The lowest BCUT2D eigenvalue weighted by Crippen LogP contribution is -2.39. The summed E-state index contributed by atoms with van der Waals surface area (Å²) in [6, 6.07) is 5.86. The third-order valence-corrected chi connectivity index (χ3v) is 4.52. The Labute approximate surface area is 141 Å². The number of ether oxygens (including phenoxy) is 1. The number of rotatable bonds is 2. The summed E-state index contributed by atoms with van der Waals surface area (Å²) in [5, 5.41) is 1.02. The maximum atomic E-state index is 11.8. The van der Waals surface area contributed by atoms with Crippen molar-refractivity contribution in [1.29, 1.82) is 0 Å². The normalized spacial score (nSPS) is 19.0. The van der Waals surface area contributed by atoms with Crippen molar-refractivity contribution in [1.82, 2.24) is 9.88 Å². The number of aromatic amines is 1. The first-order chi connectivity index (χ1) is 11.5. The Kier molecular flexibility index (Phi) is 4.29. The minimum Gasteiger partial charge on any atom is -0.497 e. The maximum Gasteiger partial charge on any atom is 0.219 e. The summed E-state index contributed by atoms with van der Waals surface area (Å²) in [5.74, 6) is 0.783. The highest BCUT2D eigenvalue weighted by Crippen LogP contribution is 2.30. The second-order valence-electron chi connectivity index (χ2n) is 5.87. The monoisotopic (exact) mass is 326 g/mol. The number of likely N-dealkylation sites (tertiary alicyclic amines) is 1. The number of fused-ring (bicyclic) bond motifs is 1. The minimum atomic E-state index is 0.0490. The van der Waals surface area contributed by atoms with Crippen LogP contribution in [-0.4, -0.2) is 48.7 Å².